The molecular formula is C13H22N4. The average molecular weight is 234 g/mol. The van der Waals surface area contributed by atoms with E-state index in [1.807, 2.05) is 0 Å². The van der Waals surface area contributed by atoms with Crippen molar-refractivity contribution in [3.63, 3.8) is 0 Å². The van der Waals surface area contributed by atoms with Crippen LogP contribution in [0.2, 0.25) is 0 Å². The van der Waals surface area contributed by atoms with Crippen molar-refractivity contribution in [3.8, 4) is 0 Å². The van der Waals surface area contributed by atoms with Gasteiger partial charge in [0, 0.05) is 25.2 Å². The number of anilines is 2. The fourth-order valence-electron chi connectivity index (χ4n) is 2.41. The van der Waals surface area contributed by atoms with Crippen molar-refractivity contribution in [2.75, 3.05) is 29.9 Å². The molecule has 94 valence electrons. The van der Waals surface area contributed by atoms with E-state index in [2.05, 4.69) is 47.9 Å². The van der Waals surface area contributed by atoms with Gasteiger partial charge < -0.3 is 10.2 Å². The minimum absolute atomic E-state index is 0.743. The van der Waals surface area contributed by atoms with Gasteiger partial charge in [0.15, 0.2) is 0 Å². The molecule has 2 rings (SSSR count). The quantitative estimate of drug-likeness (QED) is 0.871. The number of nitrogens with zero attached hydrogens (tertiary/aromatic N) is 3. The Labute approximate surface area is 103 Å². The van der Waals surface area contributed by atoms with Crippen LogP contribution >= 0.6 is 0 Å². The Morgan fingerprint density at radius 1 is 1.29 bits per heavy atom. The Balaban J connectivity index is 2.24. The Morgan fingerprint density at radius 3 is 2.53 bits per heavy atom. The fourth-order valence-corrected chi connectivity index (χ4v) is 2.41. The van der Waals surface area contributed by atoms with Crippen molar-refractivity contribution in [2.45, 2.75) is 27.7 Å². The highest BCUT2D eigenvalue weighted by atomic mass is 15.2. The lowest BCUT2D eigenvalue weighted by molar-refractivity contribution is 0.494. The van der Waals surface area contributed by atoms with E-state index in [-0.39, 0.29) is 0 Å². The second-order valence-electron chi connectivity index (χ2n) is 5.06. The molecule has 2 unspecified atom stereocenters. The normalized spacial score (nSPS) is 24.1. The summed E-state index contributed by atoms with van der Waals surface area (Å²) in [5.74, 6) is 3.54. The summed E-state index contributed by atoms with van der Waals surface area (Å²) in [7, 11) is 0. The number of aromatic nitrogens is 2. The van der Waals surface area contributed by atoms with Crippen molar-refractivity contribution in [1.29, 1.82) is 0 Å². The molecule has 2 heterocycles. The monoisotopic (exact) mass is 234 g/mol. The Bertz CT molecular complexity index is 381. The zero-order chi connectivity index (χ0) is 12.4. The molecule has 1 fully saturated rings. The third-order valence-corrected chi connectivity index (χ3v) is 3.69. The SMILES string of the molecule is CCNc1ncnc(N2CC(C)C(C)C2)c1C. The minimum Gasteiger partial charge on any atom is -0.370 e. The molecule has 1 N–H and O–H groups in total. The first kappa shape index (κ1) is 12.1. The second kappa shape index (κ2) is 4.90. The lowest BCUT2D eigenvalue weighted by Gasteiger charge is -2.20. The molecule has 4 heteroatoms. The summed E-state index contributed by atoms with van der Waals surface area (Å²) < 4.78 is 0. The van der Waals surface area contributed by atoms with Crippen molar-refractivity contribution >= 4 is 11.6 Å². The van der Waals surface area contributed by atoms with Crippen LogP contribution in [0.4, 0.5) is 11.6 Å². The third kappa shape index (κ3) is 2.35. The highest BCUT2D eigenvalue weighted by Gasteiger charge is 2.28. The molecule has 0 aliphatic carbocycles. The van der Waals surface area contributed by atoms with Gasteiger partial charge in [0.05, 0.1) is 0 Å². The average Bonchev–Trinajstić information content (AvgIpc) is 2.62. The first-order valence-electron chi connectivity index (χ1n) is 6.43. The van der Waals surface area contributed by atoms with Crippen LogP contribution in [0, 0.1) is 18.8 Å². The summed E-state index contributed by atoms with van der Waals surface area (Å²) in [6, 6.07) is 0. The molecule has 2 atom stereocenters. The van der Waals surface area contributed by atoms with Gasteiger partial charge in [0.2, 0.25) is 0 Å². The molecule has 1 aliphatic rings. The van der Waals surface area contributed by atoms with Crippen LogP contribution in [-0.2, 0) is 0 Å². The van der Waals surface area contributed by atoms with Crippen LogP contribution in [0.1, 0.15) is 26.3 Å². The number of hydrogen-bond acceptors (Lipinski definition) is 4. The summed E-state index contributed by atoms with van der Waals surface area (Å²) in [5, 5.41) is 3.28. The maximum atomic E-state index is 4.45. The van der Waals surface area contributed by atoms with E-state index in [0.29, 0.717) is 0 Å². The van der Waals surface area contributed by atoms with Gasteiger partial charge in [0.1, 0.15) is 18.0 Å². The molecule has 17 heavy (non-hydrogen) atoms. The van der Waals surface area contributed by atoms with Crippen LogP contribution in [0.25, 0.3) is 0 Å². The first-order valence-corrected chi connectivity index (χ1v) is 6.43. The molecule has 1 saturated heterocycles. The van der Waals surface area contributed by atoms with Gasteiger partial charge in [-0.15, -0.1) is 0 Å². The van der Waals surface area contributed by atoms with Gasteiger partial charge in [-0.3, -0.25) is 0 Å². The van der Waals surface area contributed by atoms with Gasteiger partial charge in [-0.05, 0) is 25.7 Å². The van der Waals surface area contributed by atoms with Crippen molar-refractivity contribution in [1.82, 2.24) is 9.97 Å². The predicted molar refractivity (Wildman–Crippen MR) is 71.5 cm³/mol. The fraction of sp³-hybridized carbons (Fsp3) is 0.692. The minimum atomic E-state index is 0.743. The molecule has 0 saturated carbocycles. The van der Waals surface area contributed by atoms with E-state index in [4.69, 9.17) is 0 Å². The van der Waals surface area contributed by atoms with E-state index < -0.39 is 0 Å². The zero-order valence-corrected chi connectivity index (χ0v) is 11.2. The maximum absolute atomic E-state index is 4.45. The van der Waals surface area contributed by atoms with Crippen LogP contribution in [-0.4, -0.2) is 29.6 Å². The standard InChI is InChI=1S/C13H22N4/c1-5-14-12-11(4)13(16-8-15-12)17-6-9(2)10(3)7-17/h8-10H,5-7H2,1-4H3,(H,14,15,16). The molecule has 1 aromatic rings. The molecule has 0 radical (unpaired) electrons. The van der Waals surface area contributed by atoms with Crippen LogP contribution < -0.4 is 10.2 Å². The van der Waals surface area contributed by atoms with E-state index >= 15 is 0 Å². The Morgan fingerprint density at radius 2 is 1.94 bits per heavy atom. The number of rotatable bonds is 3. The number of nitrogens with one attached hydrogen (secondary N) is 1. The predicted octanol–water partition coefficient (Wildman–Crippen LogP) is 2.31. The highest BCUT2D eigenvalue weighted by Crippen LogP contribution is 2.30. The van der Waals surface area contributed by atoms with Crippen LogP contribution in [0.5, 0.6) is 0 Å². The highest BCUT2D eigenvalue weighted by molar-refractivity contribution is 5.58. The van der Waals surface area contributed by atoms with E-state index in [0.717, 1.165) is 48.7 Å². The summed E-state index contributed by atoms with van der Waals surface area (Å²) in [6.07, 6.45) is 1.66. The van der Waals surface area contributed by atoms with Gasteiger partial charge in [-0.25, -0.2) is 9.97 Å². The summed E-state index contributed by atoms with van der Waals surface area (Å²) in [6.45, 7) is 11.9. The van der Waals surface area contributed by atoms with Crippen LogP contribution in [0.15, 0.2) is 6.33 Å². The molecule has 0 amide bonds. The first-order chi connectivity index (χ1) is 8.13. The van der Waals surface area contributed by atoms with E-state index in [9.17, 15) is 0 Å². The lowest BCUT2D eigenvalue weighted by atomic mass is 10.0. The van der Waals surface area contributed by atoms with Gasteiger partial charge in [0.25, 0.3) is 0 Å². The van der Waals surface area contributed by atoms with Crippen molar-refractivity contribution in [3.05, 3.63) is 11.9 Å². The van der Waals surface area contributed by atoms with Gasteiger partial charge in [-0.1, -0.05) is 13.8 Å². The summed E-state index contributed by atoms with van der Waals surface area (Å²) in [4.78, 5) is 11.1. The molecule has 4 nitrogen and oxygen atoms in total. The van der Waals surface area contributed by atoms with Gasteiger partial charge >= 0.3 is 0 Å². The Kier molecular flexibility index (Phi) is 3.50. The molecule has 0 aromatic carbocycles. The smallest absolute Gasteiger partial charge is 0.137 e. The zero-order valence-electron chi connectivity index (χ0n) is 11.2. The molecule has 1 aliphatic heterocycles. The maximum Gasteiger partial charge on any atom is 0.137 e. The molecule has 1 aromatic heterocycles. The largest absolute Gasteiger partial charge is 0.370 e. The van der Waals surface area contributed by atoms with Gasteiger partial charge in [-0.2, -0.15) is 0 Å². The Hall–Kier alpha value is -1.32. The molecule has 0 bridgehead atoms. The molecule has 0 spiro atoms. The topological polar surface area (TPSA) is 41.1 Å². The molecular weight excluding hydrogens is 212 g/mol. The second-order valence-corrected chi connectivity index (χ2v) is 5.06. The van der Waals surface area contributed by atoms with Crippen LogP contribution in [0.3, 0.4) is 0 Å². The lowest BCUT2D eigenvalue weighted by Crippen LogP contribution is -2.22. The van der Waals surface area contributed by atoms with Crippen molar-refractivity contribution in [2.24, 2.45) is 11.8 Å². The van der Waals surface area contributed by atoms with E-state index in [1.165, 1.54) is 0 Å². The third-order valence-electron chi connectivity index (χ3n) is 3.69. The summed E-state index contributed by atoms with van der Waals surface area (Å²) in [5.41, 5.74) is 1.16. The van der Waals surface area contributed by atoms with Crippen molar-refractivity contribution < 1.29 is 0 Å². The van der Waals surface area contributed by atoms with E-state index in [1.54, 1.807) is 6.33 Å². The number of hydrogen-bond donors (Lipinski definition) is 1. The summed E-state index contributed by atoms with van der Waals surface area (Å²) >= 11 is 0.